The molecule has 0 bridgehead atoms. The van der Waals surface area contributed by atoms with Crippen molar-refractivity contribution in [2.45, 2.75) is 30.8 Å². The van der Waals surface area contributed by atoms with Gasteiger partial charge in [0.1, 0.15) is 0 Å². The molecule has 0 heterocycles. The maximum Gasteiger partial charge on any atom is 0.389 e. The van der Waals surface area contributed by atoms with Gasteiger partial charge in [-0.25, -0.2) is 0 Å². The first kappa shape index (κ1) is 15.0. The van der Waals surface area contributed by atoms with Crippen LogP contribution in [-0.4, -0.2) is 12.1 Å². The molecule has 0 aliphatic carbocycles. The molecule has 18 heavy (non-hydrogen) atoms. The summed E-state index contributed by atoms with van der Waals surface area (Å²) in [5.41, 5.74) is 1.37. The van der Waals surface area contributed by atoms with Gasteiger partial charge in [-0.1, -0.05) is 34.1 Å². The van der Waals surface area contributed by atoms with Gasteiger partial charge in [0.2, 0.25) is 5.91 Å². The summed E-state index contributed by atoms with van der Waals surface area (Å²) in [4.78, 5) is 11.4. The van der Waals surface area contributed by atoms with Crippen LogP contribution < -0.4 is 5.32 Å². The van der Waals surface area contributed by atoms with Crippen LogP contribution >= 0.6 is 15.9 Å². The molecule has 0 saturated carbocycles. The van der Waals surface area contributed by atoms with E-state index >= 15 is 0 Å². The lowest BCUT2D eigenvalue weighted by Gasteiger charge is -2.13. The molecule has 0 spiro atoms. The van der Waals surface area contributed by atoms with Gasteiger partial charge in [-0.05, 0) is 18.6 Å². The molecule has 0 radical (unpaired) electrons. The van der Waals surface area contributed by atoms with Crippen molar-refractivity contribution in [1.29, 1.82) is 0 Å². The van der Waals surface area contributed by atoms with E-state index in [1.54, 1.807) is 24.3 Å². The van der Waals surface area contributed by atoms with Gasteiger partial charge < -0.3 is 5.32 Å². The highest BCUT2D eigenvalue weighted by atomic mass is 79.9. The lowest BCUT2D eigenvalue weighted by atomic mass is 10.1. The molecule has 2 nitrogen and oxygen atoms in total. The standard InChI is InChI=1S/C12H13BrF3NO/c1-8(13)9-4-2-3-5-10(9)17-11(18)6-7-12(14,15)16/h2-5,8H,6-7H2,1H3,(H,17,18). The lowest BCUT2D eigenvalue weighted by molar-refractivity contribution is -0.142. The van der Waals surface area contributed by atoms with Gasteiger partial charge in [0.05, 0.1) is 6.42 Å². The van der Waals surface area contributed by atoms with Crippen LogP contribution in [0.25, 0.3) is 0 Å². The Morgan fingerprint density at radius 3 is 2.56 bits per heavy atom. The van der Waals surface area contributed by atoms with Gasteiger partial charge in [0.25, 0.3) is 0 Å². The van der Waals surface area contributed by atoms with Crippen molar-refractivity contribution < 1.29 is 18.0 Å². The van der Waals surface area contributed by atoms with Crippen LogP contribution in [0.15, 0.2) is 24.3 Å². The number of nitrogens with one attached hydrogen (secondary N) is 1. The Morgan fingerprint density at radius 2 is 2.00 bits per heavy atom. The van der Waals surface area contributed by atoms with Crippen molar-refractivity contribution in [2.75, 3.05) is 5.32 Å². The monoisotopic (exact) mass is 323 g/mol. The average Bonchev–Trinajstić information content (AvgIpc) is 2.26. The third-order valence-corrected chi connectivity index (χ3v) is 2.79. The molecule has 0 fully saturated rings. The average molecular weight is 324 g/mol. The third kappa shape index (κ3) is 5.08. The van der Waals surface area contributed by atoms with E-state index in [1.807, 2.05) is 6.92 Å². The SMILES string of the molecule is CC(Br)c1ccccc1NC(=O)CCC(F)(F)F. The summed E-state index contributed by atoms with van der Waals surface area (Å²) in [5.74, 6) is -0.632. The van der Waals surface area contributed by atoms with E-state index in [2.05, 4.69) is 21.2 Å². The number of halogens is 4. The minimum atomic E-state index is -4.31. The summed E-state index contributed by atoms with van der Waals surface area (Å²) >= 11 is 3.36. The Bertz CT molecular complexity index is 418. The lowest BCUT2D eigenvalue weighted by Crippen LogP contribution is -2.17. The molecule has 0 saturated heterocycles. The van der Waals surface area contributed by atoms with Crippen LogP contribution in [0.1, 0.15) is 30.2 Å². The summed E-state index contributed by atoms with van der Waals surface area (Å²) in [6.07, 6.45) is -5.97. The second-order valence-corrected chi connectivity index (χ2v) is 5.24. The van der Waals surface area contributed by atoms with Crippen molar-refractivity contribution in [2.24, 2.45) is 0 Å². The molecular formula is C12H13BrF3NO. The van der Waals surface area contributed by atoms with Crippen LogP contribution in [-0.2, 0) is 4.79 Å². The first-order chi connectivity index (χ1) is 8.29. The Morgan fingerprint density at radius 1 is 1.39 bits per heavy atom. The second kappa shape index (κ2) is 6.22. The van der Waals surface area contributed by atoms with Crippen molar-refractivity contribution in [3.8, 4) is 0 Å². The Labute approximate surface area is 112 Å². The van der Waals surface area contributed by atoms with Crippen LogP contribution in [0, 0.1) is 0 Å². The number of para-hydroxylation sites is 1. The minimum Gasteiger partial charge on any atom is -0.326 e. The van der Waals surface area contributed by atoms with Crippen LogP contribution in [0.4, 0.5) is 18.9 Å². The fourth-order valence-electron chi connectivity index (χ4n) is 1.43. The number of benzene rings is 1. The Kier molecular flexibility index (Phi) is 5.19. The first-order valence-corrected chi connectivity index (χ1v) is 6.31. The summed E-state index contributed by atoms with van der Waals surface area (Å²) < 4.78 is 35.9. The third-order valence-electron chi connectivity index (χ3n) is 2.30. The number of amides is 1. The molecule has 100 valence electrons. The van der Waals surface area contributed by atoms with Crippen molar-refractivity contribution in [3.63, 3.8) is 0 Å². The van der Waals surface area contributed by atoms with Gasteiger partial charge in [0.15, 0.2) is 0 Å². The molecule has 1 amide bonds. The van der Waals surface area contributed by atoms with E-state index in [0.29, 0.717) is 5.69 Å². The minimum absolute atomic E-state index is 0.0108. The van der Waals surface area contributed by atoms with E-state index in [4.69, 9.17) is 0 Å². The zero-order valence-corrected chi connectivity index (χ0v) is 11.3. The predicted octanol–water partition coefficient (Wildman–Crippen LogP) is 4.42. The summed E-state index contributed by atoms with van der Waals surface area (Å²) in [7, 11) is 0. The van der Waals surface area contributed by atoms with Crippen LogP contribution in [0.2, 0.25) is 0 Å². The van der Waals surface area contributed by atoms with E-state index in [-0.39, 0.29) is 4.83 Å². The number of carbonyl (C=O) groups is 1. The maximum absolute atomic E-state index is 12.0. The molecule has 1 aromatic carbocycles. The molecule has 0 aliphatic heterocycles. The Hall–Kier alpha value is -1.04. The first-order valence-electron chi connectivity index (χ1n) is 5.39. The molecule has 1 aromatic rings. The van der Waals surface area contributed by atoms with Crippen molar-refractivity contribution in [3.05, 3.63) is 29.8 Å². The fourth-order valence-corrected chi connectivity index (χ4v) is 1.82. The summed E-state index contributed by atoms with van der Waals surface area (Å²) in [6.45, 7) is 1.88. The summed E-state index contributed by atoms with van der Waals surface area (Å²) in [5, 5.41) is 2.50. The highest BCUT2D eigenvalue weighted by molar-refractivity contribution is 9.09. The van der Waals surface area contributed by atoms with Gasteiger partial charge in [-0.3, -0.25) is 4.79 Å². The molecule has 1 N–H and O–H groups in total. The zero-order chi connectivity index (χ0) is 13.8. The van der Waals surface area contributed by atoms with Gasteiger partial charge >= 0.3 is 6.18 Å². The quantitative estimate of drug-likeness (QED) is 0.816. The highest BCUT2D eigenvalue weighted by Crippen LogP contribution is 2.29. The van der Waals surface area contributed by atoms with E-state index in [1.165, 1.54) is 0 Å². The topological polar surface area (TPSA) is 29.1 Å². The largest absolute Gasteiger partial charge is 0.389 e. The molecule has 6 heteroatoms. The highest BCUT2D eigenvalue weighted by Gasteiger charge is 2.28. The number of hydrogen-bond donors (Lipinski definition) is 1. The van der Waals surface area contributed by atoms with Crippen molar-refractivity contribution >= 4 is 27.5 Å². The zero-order valence-electron chi connectivity index (χ0n) is 9.72. The molecular weight excluding hydrogens is 311 g/mol. The number of rotatable bonds is 4. The number of anilines is 1. The van der Waals surface area contributed by atoms with Gasteiger partial charge in [0, 0.05) is 16.9 Å². The second-order valence-electron chi connectivity index (χ2n) is 3.87. The van der Waals surface area contributed by atoms with Gasteiger partial charge in [-0.2, -0.15) is 13.2 Å². The molecule has 1 atom stereocenters. The molecule has 0 aromatic heterocycles. The maximum atomic E-state index is 12.0. The fraction of sp³-hybridized carbons (Fsp3) is 0.417. The number of hydrogen-bond acceptors (Lipinski definition) is 1. The summed E-state index contributed by atoms with van der Waals surface area (Å²) in [6, 6.07) is 6.99. The van der Waals surface area contributed by atoms with E-state index < -0.39 is 24.9 Å². The van der Waals surface area contributed by atoms with Gasteiger partial charge in [-0.15, -0.1) is 0 Å². The van der Waals surface area contributed by atoms with E-state index in [9.17, 15) is 18.0 Å². The molecule has 0 aliphatic rings. The molecule has 1 unspecified atom stereocenters. The number of carbonyl (C=O) groups excluding carboxylic acids is 1. The molecule has 1 rings (SSSR count). The van der Waals surface area contributed by atoms with Crippen LogP contribution in [0.3, 0.4) is 0 Å². The van der Waals surface area contributed by atoms with Crippen molar-refractivity contribution in [1.82, 2.24) is 0 Å². The number of alkyl halides is 4. The van der Waals surface area contributed by atoms with E-state index in [0.717, 1.165) is 5.56 Å². The Balaban J connectivity index is 2.65. The smallest absolute Gasteiger partial charge is 0.326 e. The van der Waals surface area contributed by atoms with Crippen LogP contribution in [0.5, 0.6) is 0 Å². The normalized spacial score (nSPS) is 13.2. The predicted molar refractivity (Wildman–Crippen MR) is 67.7 cm³/mol.